The molecule has 1 aliphatic rings. The normalized spacial score (nSPS) is 20.2. The lowest BCUT2D eigenvalue weighted by Crippen LogP contribution is -2.19. The van der Waals surface area contributed by atoms with Crippen LogP contribution in [0.15, 0.2) is 28.8 Å². The molecule has 0 saturated heterocycles. The molecule has 20 heavy (non-hydrogen) atoms. The van der Waals surface area contributed by atoms with Crippen molar-refractivity contribution in [2.75, 3.05) is 6.61 Å². The van der Waals surface area contributed by atoms with Gasteiger partial charge in [0.1, 0.15) is 12.4 Å². The van der Waals surface area contributed by atoms with Crippen molar-refractivity contribution in [3.05, 3.63) is 41.5 Å². The molecule has 0 aliphatic carbocycles. The largest absolute Gasteiger partial charge is 0.492 e. The van der Waals surface area contributed by atoms with Crippen molar-refractivity contribution >= 4 is 0 Å². The Bertz CT molecular complexity index is 596. The molecule has 0 amide bonds. The van der Waals surface area contributed by atoms with Gasteiger partial charge < -0.3 is 15.0 Å². The van der Waals surface area contributed by atoms with Crippen molar-refractivity contribution in [1.82, 2.24) is 10.1 Å². The maximum atomic E-state index is 6.13. The predicted molar refractivity (Wildman–Crippen MR) is 74.5 cm³/mol. The smallest absolute Gasteiger partial charge is 0.243 e. The molecule has 3 rings (SSSR count). The number of nitrogens with zero attached hydrogens (tertiary/aromatic N) is 2. The number of rotatable bonds is 4. The molecule has 2 aromatic rings. The molecular formula is C15H19N3O2. The van der Waals surface area contributed by atoms with Crippen molar-refractivity contribution in [3.8, 4) is 5.75 Å². The van der Waals surface area contributed by atoms with Crippen molar-refractivity contribution < 1.29 is 9.26 Å². The number of para-hydroxylation sites is 1. The highest BCUT2D eigenvalue weighted by molar-refractivity contribution is 5.42. The minimum atomic E-state index is -0.209. The summed E-state index contributed by atoms with van der Waals surface area (Å²) < 4.78 is 11.0. The molecule has 2 N–H and O–H groups in total. The summed E-state index contributed by atoms with van der Waals surface area (Å²) in [6.45, 7) is 4.74. The second-order valence-corrected chi connectivity index (χ2v) is 5.30. The second kappa shape index (κ2) is 5.25. The van der Waals surface area contributed by atoms with Crippen molar-refractivity contribution in [2.45, 2.75) is 32.2 Å². The quantitative estimate of drug-likeness (QED) is 0.927. The molecule has 1 aliphatic heterocycles. The number of hydrogen-bond acceptors (Lipinski definition) is 5. The van der Waals surface area contributed by atoms with Gasteiger partial charge >= 0.3 is 0 Å². The molecule has 0 radical (unpaired) electrons. The fourth-order valence-corrected chi connectivity index (χ4v) is 2.40. The number of hydrogen-bond donors (Lipinski definition) is 1. The minimum Gasteiger partial charge on any atom is -0.492 e. The van der Waals surface area contributed by atoms with Gasteiger partial charge in [-0.3, -0.25) is 0 Å². The van der Waals surface area contributed by atoms with Crippen LogP contribution < -0.4 is 10.5 Å². The average molecular weight is 273 g/mol. The van der Waals surface area contributed by atoms with Crippen LogP contribution >= 0.6 is 0 Å². The molecule has 5 heteroatoms. The van der Waals surface area contributed by atoms with Crippen molar-refractivity contribution in [2.24, 2.45) is 11.7 Å². The van der Waals surface area contributed by atoms with E-state index in [0.29, 0.717) is 24.2 Å². The molecule has 0 spiro atoms. The van der Waals surface area contributed by atoms with E-state index < -0.39 is 0 Å². The third kappa shape index (κ3) is 2.18. The van der Waals surface area contributed by atoms with Crippen LogP contribution in [0.1, 0.15) is 49.5 Å². The Hall–Kier alpha value is -1.88. The predicted octanol–water partition coefficient (Wildman–Crippen LogP) is 2.64. The first-order valence-corrected chi connectivity index (χ1v) is 7.01. The first kappa shape index (κ1) is 13.1. The van der Waals surface area contributed by atoms with Crippen LogP contribution in [0.25, 0.3) is 0 Å². The Morgan fingerprint density at radius 1 is 1.40 bits per heavy atom. The third-order valence-corrected chi connectivity index (χ3v) is 4.01. The number of fused-ring (bicyclic) bond motifs is 1. The summed E-state index contributed by atoms with van der Waals surface area (Å²) in [7, 11) is 0. The lowest BCUT2D eigenvalue weighted by Gasteiger charge is -2.13. The van der Waals surface area contributed by atoms with Gasteiger partial charge in [-0.25, -0.2) is 0 Å². The van der Waals surface area contributed by atoms with Crippen molar-refractivity contribution in [1.29, 1.82) is 0 Å². The first-order valence-electron chi connectivity index (χ1n) is 7.01. The van der Waals surface area contributed by atoms with Gasteiger partial charge in [0.15, 0.2) is 5.82 Å². The number of benzene rings is 1. The van der Waals surface area contributed by atoms with Crippen LogP contribution in [-0.2, 0) is 0 Å². The zero-order chi connectivity index (χ0) is 14.1. The SMILES string of the molecule is CC[C@H](C)[C@H](N)c1nc(C2COc3ccccc32)no1. The molecule has 0 fully saturated rings. The lowest BCUT2D eigenvalue weighted by atomic mass is 9.99. The molecule has 106 valence electrons. The van der Waals surface area contributed by atoms with E-state index >= 15 is 0 Å². The number of nitrogens with two attached hydrogens (primary N) is 1. The molecule has 0 bridgehead atoms. The van der Waals surface area contributed by atoms with Gasteiger partial charge in [-0.1, -0.05) is 43.6 Å². The van der Waals surface area contributed by atoms with Gasteiger partial charge in [0.05, 0.1) is 12.0 Å². The van der Waals surface area contributed by atoms with Gasteiger partial charge in [-0.05, 0) is 12.0 Å². The van der Waals surface area contributed by atoms with Gasteiger partial charge in [-0.15, -0.1) is 0 Å². The van der Waals surface area contributed by atoms with Crippen LogP contribution in [0.2, 0.25) is 0 Å². The Kier molecular flexibility index (Phi) is 3.44. The Labute approximate surface area is 118 Å². The second-order valence-electron chi connectivity index (χ2n) is 5.30. The molecule has 2 heterocycles. The molecule has 5 nitrogen and oxygen atoms in total. The van der Waals surface area contributed by atoms with Crippen LogP contribution in [0.4, 0.5) is 0 Å². The molecular weight excluding hydrogens is 254 g/mol. The summed E-state index contributed by atoms with van der Waals surface area (Å²) in [4.78, 5) is 4.48. The van der Waals surface area contributed by atoms with E-state index in [1.807, 2.05) is 24.3 Å². The zero-order valence-electron chi connectivity index (χ0n) is 11.7. The van der Waals surface area contributed by atoms with E-state index in [1.54, 1.807) is 0 Å². The van der Waals surface area contributed by atoms with E-state index in [-0.39, 0.29) is 12.0 Å². The van der Waals surface area contributed by atoms with Gasteiger partial charge in [0.25, 0.3) is 0 Å². The lowest BCUT2D eigenvalue weighted by molar-refractivity contribution is 0.306. The van der Waals surface area contributed by atoms with Crippen LogP contribution in [0.5, 0.6) is 5.75 Å². The van der Waals surface area contributed by atoms with Crippen LogP contribution in [-0.4, -0.2) is 16.7 Å². The average Bonchev–Trinajstić information content (AvgIpc) is 3.11. The molecule has 1 unspecified atom stereocenters. The molecule has 1 aromatic carbocycles. The summed E-state index contributed by atoms with van der Waals surface area (Å²) in [6, 6.07) is 7.74. The first-order chi connectivity index (χ1) is 9.70. The summed E-state index contributed by atoms with van der Waals surface area (Å²) >= 11 is 0. The standard InChI is InChI=1S/C15H19N3O2/c1-3-9(2)13(16)15-17-14(18-20-15)11-8-19-12-7-5-4-6-10(11)12/h4-7,9,11,13H,3,8,16H2,1-2H3/t9-,11?,13-/m0/s1. The highest BCUT2D eigenvalue weighted by Gasteiger charge is 2.30. The highest BCUT2D eigenvalue weighted by atomic mass is 16.5. The van der Waals surface area contributed by atoms with Crippen LogP contribution in [0, 0.1) is 5.92 Å². The maximum absolute atomic E-state index is 6.13. The van der Waals surface area contributed by atoms with E-state index in [9.17, 15) is 0 Å². The maximum Gasteiger partial charge on any atom is 0.243 e. The molecule has 0 saturated carbocycles. The fraction of sp³-hybridized carbons (Fsp3) is 0.467. The van der Waals surface area contributed by atoms with E-state index in [2.05, 4.69) is 24.0 Å². The minimum absolute atomic E-state index is 0.0350. The van der Waals surface area contributed by atoms with Gasteiger partial charge in [-0.2, -0.15) is 4.98 Å². The molecule has 3 atom stereocenters. The van der Waals surface area contributed by atoms with E-state index in [4.69, 9.17) is 15.0 Å². The number of ether oxygens (including phenoxy) is 1. The third-order valence-electron chi connectivity index (χ3n) is 4.01. The summed E-state index contributed by atoms with van der Waals surface area (Å²) in [5.41, 5.74) is 7.24. The Morgan fingerprint density at radius 2 is 2.20 bits per heavy atom. The number of aromatic nitrogens is 2. The highest BCUT2D eigenvalue weighted by Crippen LogP contribution is 2.37. The monoisotopic (exact) mass is 273 g/mol. The summed E-state index contributed by atoms with van der Waals surface area (Å²) in [5.74, 6) is 2.42. The molecule has 1 aromatic heterocycles. The zero-order valence-corrected chi connectivity index (χ0v) is 11.7. The van der Waals surface area contributed by atoms with E-state index in [1.165, 1.54) is 0 Å². The Morgan fingerprint density at radius 3 is 3.00 bits per heavy atom. The van der Waals surface area contributed by atoms with Crippen molar-refractivity contribution in [3.63, 3.8) is 0 Å². The summed E-state index contributed by atoms with van der Waals surface area (Å²) in [5, 5.41) is 4.09. The van der Waals surface area contributed by atoms with Gasteiger partial charge in [0.2, 0.25) is 5.89 Å². The van der Waals surface area contributed by atoms with E-state index in [0.717, 1.165) is 17.7 Å². The summed E-state index contributed by atoms with van der Waals surface area (Å²) in [6.07, 6.45) is 0.980. The topological polar surface area (TPSA) is 74.2 Å². The Balaban J connectivity index is 1.85. The van der Waals surface area contributed by atoms with Crippen LogP contribution in [0.3, 0.4) is 0 Å². The van der Waals surface area contributed by atoms with Gasteiger partial charge in [0, 0.05) is 5.56 Å². The fourth-order valence-electron chi connectivity index (χ4n) is 2.40.